The minimum Gasteiger partial charge on any atom is -0.508 e. The van der Waals surface area contributed by atoms with Crippen LogP contribution in [0.5, 0.6) is 5.75 Å². The highest BCUT2D eigenvalue weighted by Crippen LogP contribution is 2.28. The number of ether oxygens (including phenoxy) is 1. The summed E-state index contributed by atoms with van der Waals surface area (Å²) in [4.78, 5) is 11.4. The Bertz CT molecular complexity index is 397. The molecule has 16 heavy (non-hydrogen) atoms. The van der Waals surface area contributed by atoms with Gasteiger partial charge in [0, 0.05) is 12.0 Å². The van der Waals surface area contributed by atoms with Gasteiger partial charge in [-0.1, -0.05) is 6.92 Å². The maximum absolute atomic E-state index is 11.4. The highest BCUT2D eigenvalue weighted by molar-refractivity contribution is 5.91. The molecule has 0 radical (unpaired) electrons. The number of carbonyl (C=O) groups is 1. The topological polar surface area (TPSA) is 87.0 Å². The Morgan fingerprint density at radius 2 is 2.06 bits per heavy atom. The summed E-state index contributed by atoms with van der Waals surface area (Å²) < 4.78 is 4.51. The molecule has 0 aliphatic rings. The molecular weight excluding hydrogens is 212 g/mol. The lowest BCUT2D eigenvalue weighted by atomic mass is 9.97. The largest absolute Gasteiger partial charge is 0.508 e. The summed E-state index contributed by atoms with van der Waals surface area (Å²) in [6.07, 6.45) is -0.0134. The first-order valence-electron chi connectivity index (χ1n) is 4.79. The zero-order valence-electron chi connectivity index (χ0n) is 9.10. The first-order valence-corrected chi connectivity index (χ1v) is 4.79. The van der Waals surface area contributed by atoms with Crippen molar-refractivity contribution in [2.24, 2.45) is 0 Å². The van der Waals surface area contributed by atoms with E-state index in [1.807, 2.05) is 0 Å². The summed E-state index contributed by atoms with van der Waals surface area (Å²) in [7, 11) is 1.20. The molecule has 0 saturated carbocycles. The lowest BCUT2D eigenvalue weighted by Crippen LogP contribution is -2.26. The van der Waals surface area contributed by atoms with E-state index in [0.29, 0.717) is 0 Å². The molecule has 0 amide bonds. The van der Waals surface area contributed by atoms with Crippen LogP contribution in [0.2, 0.25) is 0 Å². The molecule has 1 aromatic carbocycles. The van der Waals surface area contributed by atoms with E-state index in [9.17, 15) is 20.1 Å². The molecule has 1 rings (SSSR count). The first kappa shape index (κ1) is 12.5. The summed E-state index contributed by atoms with van der Waals surface area (Å²) in [6.45, 7) is 1.55. The Kier molecular flexibility index (Phi) is 3.51. The monoisotopic (exact) mass is 226 g/mol. The van der Waals surface area contributed by atoms with Gasteiger partial charge in [0.05, 0.1) is 12.7 Å². The van der Waals surface area contributed by atoms with Crippen LogP contribution in [0.4, 0.5) is 0 Å². The molecule has 5 heteroatoms. The molecule has 5 nitrogen and oxygen atoms in total. The van der Waals surface area contributed by atoms with Gasteiger partial charge in [-0.3, -0.25) is 0 Å². The van der Waals surface area contributed by atoms with E-state index in [1.165, 1.54) is 19.2 Å². The third-order valence-corrected chi connectivity index (χ3v) is 2.33. The van der Waals surface area contributed by atoms with Crippen LogP contribution in [0.25, 0.3) is 0 Å². The number of phenols is 1. The number of hydrogen-bond acceptors (Lipinski definition) is 5. The maximum atomic E-state index is 11.4. The van der Waals surface area contributed by atoms with Crippen LogP contribution in [-0.4, -0.2) is 28.4 Å². The van der Waals surface area contributed by atoms with Crippen LogP contribution >= 0.6 is 0 Å². The second kappa shape index (κ2) is 4.51. The van der Waals surface area contributed by atoms with E-state index in [-0.39, 0.29) is 23.3 Å². The number of aliphatic hydroxyl groups is 2. The second-order valence-corrected chi connectivity index (χ2v) is 3.39. The summed E-state index contributed by atoms with van der Waals surface area (Å²) in [5, 5.41) is 28.6. The molecule has 0 aliphatic carbocycles. The van der Waals surface area contributed by atoms with Gasteiger partial charge in [-0.05, 0) is 18.2 Å². The molecule has 88 valence electrons. The second-order valence-electron chi connectivity index (χ2n) is 3.39. The van der Waals surface area contributed by atoms with Gasteiger partial charge in [0.25, 0.3) is 0 Å². The van der Waals surface area contributed by atoms with Crippen LogP contribution < -0.4 is 0 Å². The molecular formula is C11H14O5. The predicted molar refractivity (Wildman–Crippen MR) is 55.9 cm³/mol. The zero-order chi connectivity index (χ0) is 12.3. The van der Waals surface area contributed by atoms with Crippen molar-refractivity contribution in [3.05, 3.63) is 29.3 Å². The molecule has 0 aromatic heterocycles. The molecule has 0 aliphatic heterocycles. The summed E-state index contributed by atoms with van der Waals surface area (Å²) in [5.41, 5.74) is -0.0472. The fourth-order valence-electron chi connectivity index (χ4n) is 1.34. The minimum atomic E-state index is -2.16. The Morgan fingerprint density at radius 3 is 2.56 bits per heavy atom. The van der Waals surface area contributed by atoms with Crippen molar-refractivity contribution in [1.82, 2.24) is 0 Å². The number of methoxy groups -OCH3 is 1. The third-order valence-electron chi connectivity index (χ3n) is 2.33. The van der Waals surface area contributed by atoms with E-state index < -0.39 is 11.8 Å². The quantitative estimate of drug-likeness (QED) is 0.522. The van der Waals surface area contributed by atoms with Gasteiger partial charge in [0.15, 0.2) is 5.79 Å². The number of rotatable bonds is 3. The standard InChI is InChI=1S/C11H14O5/c1-3-11(14,15)9-6-7(12)4-5-8(9)10(13)16-2/h4-6,12,14-15H,3H2,1-2H3. The Balaban J connectivity index is 3.34. The average Bonchev–Trinajstić information content (AvgIpc) is 2.28. The molecule has 0 saturated heterocycles. The van der Waals surface area contributed by atoms with Gasteiger partial charge in [0.1, 0.15) is 5.75 Å². The van der Waals surface area contributed by atoms with Crippen molar-refractivity contribution < 1.29 is 24.9 Å². The smallest absolute Gasteiger partial charge is 0.338 e. The molecule has 0 spiro atoms. The van der Waals surface area contributed by atoms with Crippen molar-refractivity contribution >= 4 is 5.97 Å². The number of hydrogen-bond donors (Lipinski definition) is 3. The van der Waals surface area contributed by atoms with Crippen LogP contribution in [0.3, 0.4) is 0 Å². The van der Waals surface area contributed by atoms with Crippen LogP contribution in [0.1, 0.15) is 29.3 Å². The van der Waals surface area contributed by atoms with Crippen molar-refractivity contribution in [1.29, 1.82) is 0 Å². The summed E-state index contributed by atoms with van der Waals surface area (Å²) in [6, 6.07) is 3.70. The number of benzene rings is 1. The van der Waals surface area contributed by atoms with Crippen LogP contribution in [-0.2, 0) is 10.5 Å². The lowest BCUT2D eigenvalue weighted by Gasteiger charge is -2.22. The van der Waals surface area contributed by atoms with Gasteiger partial charge in [-0.15, -0.1) is 0 Å². The van der Waals surface area contributed by atoms with Crippen molar-refractivity contribution in [2.75, 3.05) is 7.11 Å². The van der Waals surface area contributed by atoms with Gasteiger partial charge in [-0.25, -0.2) is 4.79 Å². The molecule has 3 N–H and O–H groups in total. The Labute approximate surface area is 92.9 Å². The van der Waals surface area contributed by atoms with E-state index in [0.717, 1.165) is 6.07 Å². The van der Waals surface area contributed by atoms with Gasteiger partial charge in [-0.2, -0.15) is 0 Å². The number of aromatic hydroxyl groups is 1. The van der Waals surface area contributed by atoms with Gasteiger partial charge >= 0.3 is 5.97 Å². The van der Waals surface area contributed by atoms with E-state index in [2.05, 4.69) is 4.74 Å². The SMILES string of the molecule is CCC(O)(O)c1cc(O)ccc1C(=O)OC. The number of carbonyl (C=O) groups excluding carboxylic acids is 1. The molecule has 0 heterocycles. The third kappa shape index (κ3) is 2.32. The number of esters is 1. The highest BCUT2D eigenvalue weighted by Gasteiger charge is 2.29. The summed E-state index contributed by atoms with van der Waals surface area (Å²) in [5.74, 6) is -3.00. The van der Waals surface area contributed by atoms with Gasteiger partial charge < -0.3 is 20.1 Å². The molecule has 0 atom stereocenters. The van der Waals surface area contributed by atoms with Crippen LogP contribution in [0.15, 0.2) is 18.2 Å². The van der Waals surface area contributed by atoms with E-state index >= 15 is 0 Å². The predicted octanol–water partition coefficient (Wildman–Crippen LogP) is 0.726. The number of phenolic OH excluding ortho intramolecular Hbond substituents is 1. The Hall–Kier alpha value is -1.59. The van der Waals surface area contributed by atoms with Crippen molar-refractivity contribution in [2.45, 2.75) is 19.1 Å². The van der Waals surface area contributed by atoms with Crippen LogP contribution in [0, 0.1) is 0 Å². The first-order chi connectivity index (χ1) is 7.42. The zero-order valence-corrected chi connectivity index (χ0v) is 9.10. The molecule has 1 aromatic rings. The van der Waals surface area contributed by atoms with E-state index in [1.54, 1.807) is 6.92 Å². The Morgan fingerprint density at radius 1 is 1.44 bits per heavy atom. The van der Waals surface area contributed by atoms with Gasteiger partial charge in [0.2, 0.25) is 0 Å². The minimum absolute atomic E-state index is 0.0134. The van der Waals surface area contributed by atoms with Crippen molar-refractivity contribution in [3.63, 3.8) is 0 Å². The van der Waals surface area contributed by atoms with Crippen molar-refractivity contribution in [3.8, 4) is 5.75 Å². The molecule has 0 unspecified atom stereocenters. The normalized spacial score (nSPS) is 11.2. The average molecular weight is 226 g/mol. The fourth-order valence-corrected chi connectivity index (χ4v) is 1.34. The molecule has 0 bridgehead atoms. The lowest BCUT2D eigenvalue weighted by molar-refractivity contribution is -0.171. The molecule has 0 fully saturated rings. The van der Waals surface area contributed by atoms with E-state index in [4.69, 9.17) is 0 Å². The maximum Gasteiger partial charge on any atom is 0.338 e. The highest BCUT2D eigenvalue weighted by atomic mass is 16.5. The fraction of sp³-hybridized carbons (Fsp3) is 0.364. The summed E-state index contributed by atoms with van der Waals surface area (Å²) >= 11 is 0.